The first kappa shape index (κ1) is 19.7. The van der Waals surface area contributed by atoms with Crippen LogP contribution in [0, 0.1) is 5.92 Å². The van der Waals surface area contributed by atoms with E-state index in [9.17, 15) is 14.4 Å². The van der Waals surface area contributed by atoms with E-state index in [4.69, 9.17) is 0 Å². The summed E-state index contributed by atoms with van der Waals surface area (Å²) < 4.78 is 2.39. The molecule has 0 aromatic heterocycles. The quantitative estimate of drug-likeness (QED) is 0.259. The molecule has 1 N–H and O–H groups in total. The molecule has 3 amide bonds. The van der Waals surface area contributed by atoms with Gasteiger partial charge in [0.1, 0.15) is 0 Å². The fourth-order valence-corrected chi connectivity index (χ4v) is 3.73. The summed E-state index contributed by atoms with van der Waals surface area (Å²) in [6, 6.07) is 0. The van der Waals surface area contributed by atoms with E-state index in [0.717, 1.165) is 25.7 Å². The van der Waals surface area contributed by atoms with E-state index < -0.39 is 0 Å². The van der Waals surface area contributed by atoms with E-state index in [0.29, 0.717) is 19.4 Å². The summed E-state index contributed by atoms with van der Waals surface area (Å²) in [5.74, 6) is -0.250. The maximum absolute atomic E-state index is 12.5. The average molecular weight is 440 g/mol. The molecule has 0 aliphatic carbocycles. The Labute approximate surface area is 150 Å². The van der Waals surface area contributed by atoms with Gasteiger partial charge in [-0.15, -0.1) is 0 Å². The van der Waals surface area contributed by atoms with E-state index in [-0.39, 0.29) is 28.4 Å². The number of likely N-dealkylation sites (tertiary alicyclic amines) is 1. The lowest BCUT2D eigenvalue weighted by atomic mass is 9.89. The third-order valence-corrected chi connectivity index (χ3v) is 6.65. The number of unbranched alkanes of at least 4 members (excludes halogenated alkanes) is 2. The van der Waals surface area contributed by atoms with Gasteiger partial charge in [0.15, 0.2) is 0 Å². The highest BCUT2D eigenvalue weighted by Gasteiger charge is 2.47. The van der Waals surface area contributed by atoms with E-state index in [1.54, 1.807) is 11.8 Å². The van der Waals surface area contributed by atoms with Gasteiger partial charge in [0.05, 0.1) is 28.8 Å². The molecule has 0 saturated carbocycles. The zero-order chi connectivity index (χ0) is 16.8. The van der Waals surface area contributed by atoms with Crippen LogP contribution in [0.5, 0.6) is 0 Å². The number of halogens is 1. The Morgan fingerprint density at radius 2 is 2.09 bits per heavy atom. The number of carbonyl (C=O) groups excluding carboxylic acids is 3. The molecule has 22 heavy (non-hydrogen) atoms. The minimum absolute atomic E-state index is 0.0197. The van der Waals surface area contributed by atoms with Crippen LogP contribution in [-0.4, -0.2) is 40.2 Å². The van der Waals surface area contributed by atoms with Crippen LogP contribution in [0.1, 0.15) is 52.4 Å². The van der Waals surface area contributed by atoms with Gasteiger partial charge in [-0.25, -0.2) is 0 Å². The Morgan fingerprint density at radius 1 is 1.41 bits per heavy atom. The highest BCUT2D eigenvalue weighted by Crippen LogP contribution is 2.40. The Hall–Kier alpha value is -0.310. The molecule has 1 rings (SSSR count). The van der Waals surface area contributed by atoms with Crippen molar-refractivity contribution in [2.24, 2.45) is 5.92 Å². The molecular formula is C15H25IN2O3S. The van der Waals surface area contributed by atoms with Gasteiger partial charge in [0.2, 0.25) is 17.7 Å². The molecule has 0 aromatic rings. The fourth-order valence-electron chi connectivity index (χ4n) is 2.71. The zero-order valence-corrected chi connectivity index (χ0v) is 16.5. The summed E-state index contributed by atoms with van der Waals surface area (Å²) in [6.07, 6.45) is 6.10. The van der Waals surface area contributed by atoms with Crippen LogP contribution in [-0.2, 0) is 14.4 Å². The van der Waals surface area contributed by atoms with Crippen molar-refractivity contribution in [1.82, 2.24) is 8.43 Å². The molecule has 126 valence electrons. The highest BCUT2D eigenvalue weighted by molar-refractivity contribution is 14.1. The predicted molar refractivity (Wildman–Crippen MR) is 97.7 cm³/mol. The summed E-state index contributed by atoms with van der Waals surface area (Å²) >= 11 is 3.50. The molecule has 1 aliphatic heterocycles. The monoisotopic (exact) mass is 440 g/mol. The first-order valence-corrected chi connectivity index (χ1v) is 9.98. The smallest absolute Gasteiger partial charge is 0.234 e. The largest absolute Gasteiger partial charge is 0.299 e. The molecule has 1 heterocycles. The maximum Gasteiger partial charge on any atom is 0.234 e. The van der Waals surface area contributed by atoms with Gasteiger partial charge < -0.3 is 0 Å². The average Bonchev–Trinajstić information content (AvgIpc) is 2.81. The van der Waals surface area contributed by atoms with Crippen molar-refractivity contribution < 1.29 is 14.4 Å². The molecule has 1 saturated heterocycles. The molecule has 0 radical (unpaired) electrons. The first-order chi connectivity index (χ1) is 10.4. The SMILES string of the molecule is CCC(C)(SC)C1CC(=O)N(CCCCCC(=O)NI)C1=O. The molecule has 7 heteroatoms. The van der Waals surface area contributed by atoms with E-state index in [2.05, 4.69) is 17.4 Å². The lowest BCUT2D eigenvalue weighted by Gasteiger charge is -2.31. The summed E-state index contributed by atoms with van der Waals surface area (Å²) in [5, 5.41) is 0. The molecule has 1 aliphatic rings. The Morgan fingerprint density at radius 3 is 2.64 bits per heavy atom. The Bertz CT molecular complexity index is 427. The fraction of sp³-hybridized carbons (Fsp3) is 0.800. The van der Waals surface area contributed by atoms with Crippen molar-refractivity contribution >= 4 is 52.3 Å². The molecule has 5 nitrogen and oxygen atoms in total. The van der Waals surface area contributed by atoms with Crippen LogP contribution in [0.3, 0.4) is 0 Å². The summed E-state index contributed by atoms with van der Waals surface area (Å²) in [6.45, 7) is 4.61. The number of thioether (sulfide) groups is 1. The minimum Gasteiger partial charge on any atom is -0.299 e. The second-order valence-electron chi connectivity index (χ2n) is 5.84. The number of imide groups is 1. The van der Waals surface area contributed by atoms with Crippen LogP contribution < -0.4 is 3.53 Å². The van der Waals surface area contributed by atoms with Crippen LogP contribution in [0.2, 0.25) is 0 Å². The van der Waals surface area contributed by atoms with Gasteiger partial charge in [-0.3, -0.25) is 22.8 Å². The lowest BCUT2D eigenvalue weighted by molar-refractivity contribution is -0.139. The second kappa shape index (κ2) is 9.10. The number of amides is 3. The van der Waals surface area contributed by atoms with Gasteiger partial charge in [0.25, 0.3) is 0 Å². The number of rotatable bonds is 9. The lowest BCUT2D eigenvalue weighted by Crippen LogP contribution is -2.38. The molecular weight excluding hydrogens is 415 g/mol. The number of hydrogen-bond donors (Lipinski definition) is 1. The van der Waals surface area contributed by atoms with Gasteiger partial charge in [-0.05, 0) is 32.4 Å². The standard InChI is InChI=1S/C15H25IN2O3S/c1-4-15(2,22-3)11-10-13(20)18(14(11)21)9-7-5-6-8-12(19)17-16/h11H,4-10H2,1-3H3,(H,17,19). The van der Waals surface area contributed by atoms with Gasteiger partial charge in [-0.2, -0.15) is 11.8 Å². The van der Waals surface area contributed by atoms with E-state index in [1.807, 2.05) is 29.1 Å². The molecule has 2 atom stereocenters. The van der Waals surface area contributed by atoms with Crippen LogP contribution >= 0.6 is 34.6 Å². The molecule has 0 spiro atoms. The van der Waals surface area contributed by atoms with Crippen molar-refractivity contribution in [3.05, 3.63) is 0 Å². The number of hydrogen-bond acceptors (Lipinski definition) is 4. The van der Waals surface area contributed by atoms with Crippen LogP contribution in [0.15, 0.2) is 0 Å². The molecule has 1 fully saturated rings. The van der Waals surface area contributed by atoms with E-state index in [1.165, 1.54) is 4.90 Å². The van der Waals surface area contributed by atoms with Crippen molar-refractivity contribution in [1.29, 1.82) is 0 Å². The van der Waals surface area contributed by atoms with Crippen LogP contribution in [0.25, 0.3) is 0 Å². The highest BCUT2D eigenvalue weighted by atomic mass is 127. The second-order valence-corrected chi connectivity index (χ2v) is 7.72. The number of nitrogens with zero attached hydrogens (tertiary/aromatic N) is 1. The molecule has 2 unspecified atom stereocenters. The van der Waals surface area contributed by atoms with E-state index >= 15 is 0 Å². The molecule has 0 bridgehead atoms. The van der Waals surface area contributed by atoms with Crippen molar-refractivity contribution in [2.45, 2.75) is 57.1 Å². The predicted octanol–water partition coefficient (Wildman–Crippen LogP) is 2.92. The third kappa shape index (κ3) is 4.84. The van der Waals surface area contributed by atoms with Crippen molar-refractivity contribution in [2.75, 3.05) is 12.8 Å². The summed E-state index contributed by atoms with van der Waals surface area (Å²) in [5.41, 5.74) is 0. The summed E-state index contributed by atoms with van der Waals surface area (Å²) in [7, 11) is 0. The van der Waals surface area contributed by atoms with Gasteiger partial charge >= 0.3 is 0 Å². The van der Waals surface area contributed by atoms with Gasteiger partial charge in [0, 0.05) is 24.1 Å². The zero-order valence-electron chi connectivity index (χ0n) is 13.5. The normalized spacial score (nSPS) is 21.1. The third-order valence-electron chi connectivity index (χ3n) is 4.54. The topological polar surface area (TPSA) is 66.5 Å². The maximum atomic E-state index is 12.5. The number of carbonyl (C=O) groups is 3. The number of nitrogens with one attached hydrogen (secondary N) is 1. The molecule has 0 aromatic carbocycles. The Balaban J connectivity index is 2.47. The van der Waals surface area contributed by atoms with Gasteiger partial charge in [-0.1, -0.05) is 13.3 Å². The Kier molecular flexibility index (Phi) is 8.16. The van der Waals surface area contributed by atoms with Crippen LogP contribution in [0.4, 0.5) is 0 Å². The van der Waals surface area contributed by atoms with Crippen molar-refractivity contribution in [3.8, 4) is 0 Å². The van der Waals surface area contributed by atoms with Crippen molar-refractivity contribution in [3.63, 3.8) is 0 Å². The summed E-state index contributed by atoms with van der Waals surface area (Å²) in [4.78, 5) is 37.2. The minimum atomic E-state index is -0.204. The first-order valence-electron chi connectivity index (χ1n) is 7.68.